The van der Waals surface area contributed by atoms with Crippen molar-refractivity contribution in [1.29, 1.82) is 0 Å². The Hall–Kier alpha value is -3.03. The van der Waals surface area contributed by atoms with Crippen LogP contribution in [0, 0.1) is 12.8 Å². The van der Waals surface area contributed by atoms with Crippen LogP contribution in [-0.2, 0) is 0 Å². The molecule has 0 radical (unpaired) electrons. The quantitative estimate of drug-likeness (QED) is 0.817. The Morgan fingerprint density at radius 3 is 2.54 bits per heavy atom. The van der Waals surface area contributed by atoms with E-state index in [9.17, 15) is 9.59 Å². The molecule has 1 aromatic heterocycles. The van der Waals surface area contributed by atoms with Crippen molar-refractivity contribution in [3.05, 3.63) is 41.3 Å². The van der Waals surface area contributed by atoms with Crippen LogP contribution in [0.25, 0.3) is 0 Å². The molecule has 1 aliphatic heterocycles. The highest BCUT2D eigenvalue weighted by Crippen LogP contribution is 2.23. The average Bonchev–Trinajstić information content (AvgIpc) is 3.17. The highest BCUT2D eigenvalue weighted by molar-refractivity contribution is 5.95. The zero-order chi connectivity index (χ0) is 20.1. The summed E-state index contributed by atoms with van der Waals surface area (Å²) in [6, 6.07) is 6.69. The first-order valence-corrected chi connectivity index (χ1v) is 9.24. The molecule has 0 unspecified atom stereocenters. The van der Waals surface area contributed by atoms with Gasteiger partial charge in [-0.25, -0.2) is 0 Å². The van der Waals surface area contributed by atoms with Crippen molar-refractivity contribution in [2.24, 2.45) is 5.92 Å². The van der Waals surface area contributed by atoms with Gasteiger partial charge in [-0.2, -0.15) is 0 Å². The van der Waals surface area contributed by atoms with Gasteiger partial charge in [-0.1, -0.05) is 5.16 Å². The number of carbonyl (C=O) groups is 2. The molecule has 3 rings (SSSR count). The molecule has 28 heavy (non-hydrogen) atoms. The van der Waals surface area contributed by atoms with Crippen molar-refractivity contribution in [1.82, 2.24) is 15.4 Å². The van der Waals surface area contributed by atoms with Crippen LogP contribution in [0.5, 0.6) is 11.5 Å². The molecule has 8 heteroatoms. The number of ether oxygens (including phenoxy) is 2. The third kappa shape index (κ3) is 4.62. The summed E-state index contributed by atoms with van der Waals surface area (Å²) in [7, 11) is 3.08. The first kappa shape index (κ1) is 19.7. The number of aromatic nitrogens is 1. The van der Waals surface area contributed by atoms with Crippen molar-refractivity contribution in [2.75, 3.05) is 33.9 Å². The molecular formula is C20H25N3O5. The zero-order valence-electron chi connectivity index (χ0n) is 16.4. The van der Waals surface area contributed by atoms with E-state index in [1.54, 1.807) is 50.3 Å². The van der Waals surface area contributed by atoms with Gasteiger partial charge in [0.05, 0.1) is 14.2 Å². The summed E-state index contributed by atoms with van der Waals surface area (Å²) >= 11 is 0. The topological polar surface area (TPSA) is 93.9 Å². The Balaban J connectivity index is 1.58. The van der Waals surface area contributed by atoms with E-state index < -0.39 is 0 Å². The van der Waals surface area contributed by atoms with E-state index in [2.05, 4.69) is 10.5 Å². The Morgan fingerprint density at radius 1 is 1.21 bits per heavy atom. The fourth-order valence-corrected chi connectivity index (χ4v) is 3.32. The molecule has 1 saturated heterocycles. The third-order valence-electron chi connectivity index (χ3n) is 4.82. The van der Waals surface area contributed by atoms with Gasteiger partial charge in [-0.15, -0.1) is 0 Å². The van der Waals surface area contributed by atoms with Gasteiger partial charge >= 0.3 is 0 Å². The van der Waals surface area contributed by atoms with Gasteiger partial charge in [0.2, 0.25) is 0 Å². The van der Waals surface area contributed by atoms with E-state index in [0.717, 1.165) is 12.8 Å². The molecular weight excluding hydrogens is 362 g/mol. The lowest BCUT2D eigenvalue weighted by molar-refractivity contribution is 0.0660. The van der Waals surface area contributed by atoms with Crippen LogP contribution in [0.2, 0.25) is 0 Å². The van der Waals surface area contributed by atoms with Gasteiger partial charge in [0.15, 0.2) is 5.69 Å². The Kier molecular flexibility index (Phi) is 6.18. The van der Waals surface area contributed by atoms with Gasteiger partial charge in [0.25, 0.3) is 11.8 Å². The van der Waals surface area contributed by atoms with Crippen LogP contribution in [0.15, 0.2) is 28.8 Å². The number of amides is 2. The number of piperidine rings is 1. The summed E-state index contributed by atoms with van der Waals surface area (Å²) in [6.45, 7) is 3.50. The molecule has 2 heterocycles. The molecule has 2 amide bonds. The van der Waals surface area contributed by atoms with Crippen molar-refractivity contribution < 1.29 is 23.6 Å². The minimum atomic E-state index is -0.201. The van der Waals surface area contributed by atoms with Gasteiger partial charge in [0.1, 0.15) is 17.3 Å². The first-order chi connectivity index (χ1) is 13.5. The number of hydrogen-bond donors (Lipinski definition) is 1. The molecule has 0 saturated carbocycles. The number of aryl methyl sites for hydroxylation is 1. The third-order valence-corrected chi connectivity index (χ3v) is 4.82. The van der Waals surface area contributed by atoms with Crippen LogP contribution < -0.4 is 14.8 Å². The standard InChI is InChI=1S/C20H25N3O5/c1-13-7-18(22-28-13)20(25)23-6-4-5-14(12-23)11-21-19(24)15-8-16(26-2)10-17(9-15)27-3/h7-10,14H,4-6,11-12H2,1-3H3,(H,21,24)/t14-/m1/s1. The van der Waals surface area contributed by atoms with E-state index in [0.29, 0.717) is 48.2 Å². The summed E-state index contributed by atoms with van der Waals surface area (Å²) in [4.78, 5) is 26.9. The minimum absolute atomic E-state index is 0.134. The predicted molar refractivity (Wildman–Crippen MR) is 102 cm³/mol. The maximum Gasteiger partial charge on any atom is 0.276 e. The number of likely N-dealkylation sites (tertiary alicyclic amines) is 1. The number of carbonyl (C=O) groups excluding carboxylic acids is 2. The van der Waals surface area contributed by atoms with Crippen LogP contribution >= 0.6 is 0 Å². The van der Waals surface area contributed by atoms with E-state index in [1.165, 1.54) is 0 Å². The van der Waals surface area contributed by atoms with Crippen molar-refractivity contribution in [3.8, 4) is 11.5 Å². The van der Waals surface area contributed by atoms with Gasteiger partial charge in [-0.05, 0) is 37.8 Å². The van der Waals surface area contributed by atoms with Crippen LogP contribution in [0.3, 0.4) is 0 Å². The van der Waals surface area contributed by atoms with Gasteiger partial charge in [0, 0.05) is 37.3 Å². The average molecular weight is 387 g/mol. The Bertz CT molecular complexity index is 826. The van der Waals surface area contributed by atoms with E-state index in [-0.39, 0.29) is 17.7 Å². The molecule has 150 valence electrons. The molecule has 1 aromatic carbocycles. The molecule has 1 aliphatic rings. The number of rotatable bonds is 6. The Morgan fingerprint density at radius 2 is 1.93 bits per heavy atom. The number of hydrogen-bond acceptors (Lipinski definition) is 6. The van der Waals surface area contributed by atoms with Crippen molar-refractivity contribution in [2.45, 2.75) is 19.8 Å². The summed E-state index contributed by atoms with van der Waals surface area (Å²) in [5, 5.41) is 6.76. The van der Waals surface area contributed by atoms with Crippen LogP contribution in [-0.4, -0.2) is 55.7 Å². The van der Waals surface area contributed by atoms with Crippen LogP contribution in [0.4, 0.5) is 0 Å². The van der Waals surface area contributed by atoms with E-state index in [4.69, 9.17) is 14.0 Å². The molecule has 1 atom stereocenters. The monoisotopic (exact) mass is 387 g/mol. The fraction of sp³-hybridized carbons (Fsp3) is 0.450. The van der Waals surface area contributed by atoms with Crippen molar-refractivity contribution >= 4 is 11.8 Å². The molecule has 0 bridgehead atoms. The second-order valence-corrected chi connectivity index (χ2v) is 6.89. The van der Waals surface area contributed by atoms with E-state index >= 15 is 0 Å². The number of methoxy groups -OCH3 is 2. The van der Waals surface area contributed by atoms with Crippen LogP contribution in [0.1, 0.15) is 39.4 Å². The number of nitrogens with zero attached hydrogens (tertiary/aromatic N) is 2. The van der Waals surface area contributed by atoms with E-state index in [1.807, 2.05) is 0 Å². The largest absolute Gasteiger partial charge is 0.497 e. The summed E-state index contributed by atoms with van der Waals surface area (Å²) in [6.07, 6.45) is 1.83. The fourth-order valence-electron chi connectivity index (χ4n) is 3.32. The molecule has 8 nitrogen and oxygen atoms in total. The molecule has 2 aromatic rings. The Labute approximate surface area is 163 Å². The normalized spacial score (nSPS) is 16.5. The smallest absolute Gasteiger partial charge is 0.276 e. The maximum absolute atomic E-state index is 12.5. The summed E-state index contributed by atoms with van der Waals surface area (Å²) < 4.78 is 15.4. The van der Waals surface area contributed by atoms with Crippen molar-refractivity contribution in [3.63, 3.8) is 0 Å². The predicted octanol–water partition coefficient (Wildman–Crippen LogP) is 2.28. The summed E-state index contributed by atoms with van der Waals surface area (Å²) in [5.41, 5.74) is 0.795. The number of nitrogens with one attached hydrogen (secondary N) is 1. The first-order valence-electron chi connectivity index (χ1n) is 9.24. The molecule has 1 fully saturated rings. The molecule has 1 N–H and O–H groups in total. The SMILES string of the molecule is COc1cc(OC)cc(C(=O)NC[C@H]2CCCN(C(=O)c3cc(C)on3)C2)c1. The molecule has 0 aliphatic carbocycles. The minimum Gasteiger partial charge on any atom is -0.497 e. The molecule has 0 spiro atoms. The highest BCUT2D eigenvalue weighted by atomic mass is 16.5. The summed E-state index contributed by atoms with van der Waals surface area (Å²) in [5.74, 6) is 1.57. The zero-order valence-corrected chi connectivity index (χ0v) is 16.4. The number of benzene rings is 1. The lowest BCUT2D eigenvalue weighted by Gasteiger charge is -2.32. The van der Waals surface area contributed by atoms with Gasteiger partial charge in [-0.3, -0.25) is 9.59 Å². The lowest BCUT2D eigenvalue weighted by atomic mass is 9.97. The second-order valence-electron chi connectivity index (χ2n) is 6.89. The lowest BCUT2D eigenvalue weighted by Crippen LogP contribution is -2.43. The maximum atomic E-state index is 12.5. The second kappa shape index (κ2) is 8.77. The van der Waals surface area contributed by atoms with Gasteiger partial charge < -0.3 is 24.2 Å². The highest BCUT2D eigenvalue weighted by Gasteiger charge is 2.26.